The van der Waals surface area contributed by atoms with Gasteiger partial charge in [-0.3, -0.25) is 9.69 Å². The monoisotopic (exact) mass is 287 g/mol. The van der Waals surface area contributed by atoms with Gasteiger partial charge >= 0.3 is 5.97 Å². The fourth-order valence-electron chi connectivity index (χ4n) is 2.18. The van der Waals surface area contributed by atoms with Gasteiger partial charge in [0.25, 0.3) is 0 Å². The summed E-state index contributed by atoms with van der Waals surface area (Å²) in [5.41, 5.74) is 2.25. The van der Waals surface area contributed by atoms with Crippen LogP contribution in [-0.2, 0) is 11.3 Å². The maximum atomic E-state index is 10.7. The molecule has 2 rings (SSSR count). The summed E-state index contributed by atoms with van der Waals surface area (Å²) in [5.74, 6) is -0.754. The van der Waals surface area contributed by atoms with Gasteiger partial charge in [0, 0.05) is 37.2 Å². The predicted molar refractivity (Wildman–Crippen MR) is 81.4 cm³/mol. The fourth-order valence-corrected chi connectivity index (χ4v) is 2.18. The SMILES string of the molecule is CC(C)N(CCC(=O)O)Cc1ccc(-n2ccnc2)cc1. The first-order chi connectivity index (χ1) is 10.1. The quantitative estimate of drug-likeness (QED) is 0.850. The zero-order valence-electron chi connectivity index (χ0n) is 12.4. The molecule has 5 nitrogen and oxygen atoms in total. The van der Waals surface area contributed by atoms with Crippen molar-refractivity contribution in [2.45, 2.75) is 32.9 Å². The van der Waals surface area contributed by atoms with E-state index in [2.05, 4.69) is 35.9 Å². The van der Waals surface area contributed by atoms with E-state index in [0.29, 0.717) is 12.6 Å². The van der Waals surface area contributed by atoms with Crippen molar-refractivity contribution in [3.8, 4) is 5.69 Å². The van der Waals surface area contributed by atoms with Crippen LogP contribution in [0, 0.1) is 0 Å². The lowest BCUT2D eigenvalue weighted by molar-refractivity contribution is -0.137. The molecule has 0 spiro atoms. The second-order valence-corrected chi connectivity index (χ2v) is 5.34. The van der Waals surface area contributed by atoms with E-state index in [1.54, 1.807) is 12.5 Å². The molecular formula is C16H21N3O2. The average Bonchev–Trinajstić information content (AvgIpc) is 2.97. The zero-order valence-corrected chi connectivity index (χ0v) is 12.4. The molecule has 112 valence electrons. The molecule has 0 fully saturated rings. The summed E-state index contributed by atoms with van der Waals surface area (Å²) in [7, 11) is 0. The topological polar surface area (TPSA) is 58.4 Å². The lowest BCUT2D eigenvalue weighted by atomic mass is 10.1. The van der Waals surface area contributed by atoms with Crippen LogP contribution in [0.2, 0.25) is 0 Å². The van der Waals surface area contributed by atoms with Crippen molar-refractivity contribution in [2.24, 2.45) is 0 Å². The van der Waals surface area contributed by atoms with Crippen molar-refractivity contribution in [3.63, 3.8) is 0 Å². The van der Waals surface area contributed by atoms with Gasteiger partial charge in [-0.25, -0.2) is 4.98 Å². The first-order valence-electron chi connectivity index (χ1n) is 7.09. The van der Waals surface area contributed by atoms with Crippen molar-refractivity contribution in [1.82, 2.24) is 14.5 Å². The van der Waals surface area contributed by atoms with Gasteiger partial charge in [-0.05, 0) is 31.5 Å². The molecule has 0 aliphatic rings. The molecule has 0 aliphatic carbocycles. The van der Waals surface area contributed by atoms with Crippen LogP contribution in [0.5, 0.6) is 0 Å². The number of carboxylic acid groups (broad SMARTS) is 1. The lowest BCUT2D eigenvalue weighted by Crippen LogP contribution is -2.32. The van der Waals surface area contributed by atoms with E-state index in [-0.39, 0.29) is 6.42 Å². The Morgan fingerprint density at radius 2 is 2.05 bits per heavy atom. The highest BCUT2D eigenvalue weighted by molar-refractivity contribution is 5.66. The van der Waals surface area contributed by atoms with Crippen LogP contribution in [-0.4, -0.2) is 38.1 Å². The number of nitrogens with zero attached hydrogens (tertiary/aromatic N) is 3. The maximum Gasteiger partial charge on any atom is 0.304 e. The minimum absolute atomic E-state index is 0.172. The number of benzene rings is 1. The third kappa shape index (κ3) is 4.43. The first-order valence-corrected chi connectivity index (χ1v) is 7.09. The van der Waals surface area contributed by atoms with Crippen molar-refractivity contribution in [2.75, 3.05) is 6.54 Å². The minimum atomic E-state index is -0.754. The molecule has 0 radical (unpaired) electrons. The van der Waals surface area contributed by atoms with Gasteiger partial charge in [-0.1, -0.05) is 12.1 Å². The van der Waals surface area contributed by atoms with Crippen molar-refractivity contribution < 1.29 is 9.90 Å². The number of aromatic nitrogens is 2. The number of rotatable bonds is 7. The molecular weight excluding hydrogens is 266 g/mol. The van der Waals surface area contributed by atoms with Crippen LogP contribution in [0.4, 0.5) is 0 Å². The first kappa shape index (κ1) is 15.3. The highest BCUT2D eigenvalue weighted by atomic mass is 16.4. The number of carboxylic acids is 1. The summed E-state index contributed by atoms with van der Waals surface area (Å²) in [6.07, 6.45) is 5.59. The molecule has 1 aromatic heterocycles. The Kier molecular flexibility index (Phi) is 5.11. The number of hydrogen-bond acceptors (Lipinski definition) is 3. The zero-order chi connectivity index (χ0) is 15.2. The second-order valence-electron chi connectivity index (χ2n) is 5.34. The van der Waals surface area contributed by atoms with E-state index >= 15 is 0 Å². The Bertz CT molecular complexity index is 562. The molecule has 1 aromatic carbocycles. The normalized spacial score (nSPS) is 11.2. The smallest absolute Gasteiger partial charge is 0.304 e. The summed E-state index contributed by atoms with van der Waals surface area (Å²) in [6.45, 7) is 5.49. The van der Waals surface area contributed by atoms with Crippen molar-refractivity contribution in [3.05, 3.63) is 48.5 Å². The highest BCUT2D eigenvalue weighted by Crippen LogP contribution is 2.13. The largest absolute Gasteiger partial charge is 0.481 e. The third-order valence-electron chi connectivity index (χ3n) is 3.47. The van der Waals surface area contributed by atoms with Crippen LogP contribution >= 0.6 is 0 Å². The minimum Gasteiger partial charge on any atom is -0.481 e. The third-order valence-corrected chi connectivity index (χ3v) is 3.47. The van der Waals surface area contributed by atoms with Crippen LogP contribution in [0.25, 0.3) is 5.69 Å². The molecule has 0 unspecified atom stereocenters. The van der Waals surface area contributed by atoms with Gasteiger partial charge in [-0.2, -0.15) is 0 Å². The number of aliphatic carboxylic acids is 1. The van der Waals surface area contributed by atoms with Crippen LogP contribution in [0.15, 0.2) is 43.0 Å². The molecule has 0 aliphatic heterocycles. The van der Waals surface area contributed by atoms with Gasteiger partial charge in [-0.15, -0.1) is 0 Å². The summed E-state index contributed by atoms with van der Waals surface area (Å²) < 4.78 is 1.95. The molecule has 5 heteroatoms. The summed E-state index contributed by atoms with van der Waals surface area (Å²) in [6, 6.07) is 8.56. The second kappa shape index (κ2) is 7.04. The van der Waals surface area contributed by atoms with Crippen molar-refractivity contribution >= 4 is 5.97 Å². The number of carbonyl (C=O) groups is 1. The van der Waals surface area contributed by atoms with E-state index in [1.165, 1.54) is 5.56 Å². The fraction of sp³-hybridized carbons (Fsp3) is 0.375. The Morgan fingerprint density at radius 3 is 2.57 bits per heavy atom. The predicted octanol–water partition coefficient (Wildman–Crippen LogP) is 2.56. The van der Waals surface area contributed by atoms with Gasteiger partial charge in [0.2, 0.25) is 0 Å². The van der Waals surface area contributed by atoms with Gasteiger partial charge in [0.15, 0.2) is 0 Å². The van der Waals surface area contributed by atoms with E-state index in [9.17, 15) is 4.79 Å². The van der Waals surface area contributed by atoms with Crippen LogP contribution < -0.4 is 0 Å². The maximum absolute atomic E-state index is 10.7. The number of imidazole rings is 1. The average molecular weight is 287 g/mol. The molecule has 2 aromatic rings. The molecule has 1 heterocycles. The summed E-state index contributed by atoms with van der Waals surface area (Å²) >= 11 is 0. The Morgan fingerprint density at radius 1 is 1.33 bits per heavy atom. The molecule has 0 atom stereocenters. The van der Waals surface area contributed by atoms with E-state index in [0.717, 1.165) is 12.2 Å². The van der Waals surface area contributed by atoms with Gasteiger partial charge in [0.1, 0.15) is 0 Å². The van der Waals surface area contributed by atoms with Gasteiger partial charge in [0.05, 0.1) is 12.7 Å². The molecule has 0 bridgehead atoms. The standard InChI is InChI=1S/C16H21N3O2/c1-13(2)18(9-7-16(20)21)11-14-3-5-15(6-4-14)19-10-8-17-12-19/h3-6,8,10,12-13H,7,9,11H2,1-2H3,(H,20,21). The Balaban J connectivity index is 2.02. The molecule has 21 heavy (non-hydrogen) atoms. The Labute approximate surface area is 124 Å². The summed E-state index contributed by atoms with van der Waals surface area (Å²) in [5, 5.41) is 8.82. The van der Waals surface area contributed by atoms with E-state index in [4.69, 9.17) is 5.11 Å². The molecule has 0 amide bonds. The van der Waals surface area contributed by atoms with E-state index < -0.39 is 5.97 Å². The van der Waals surface area contributed by atoms with E-state index in [1.807, 2.05) is 22.9 Å². The molecule has 0 saturated heterocycles. The number of hydrogen-bond donors (Lipinski definition) is 1. The van der Waals surface area contributed by atoms with Crippen LogP contribution in [0.3, 0.4) is 0 Å². The Hall–Kier alpha value is -2.14. The molecule has 1 N–H and O–H groups in total. The molecule has 0 saturated carbocycles. The summed E-state index contributed by atoms with van der Waals surface area (Å²) in [4.78, 5) is 16.9. The lowest BCUT2D eigenvalue weighted by Gasteiger charge is -2.26. The highest BCUT2D eigenvalue weighted by Gasteiger charge is 2.11. The van der Waals surface area contributed by atoms with Crippen LogP contribution in [0.1, 0.15) is 25.8 Å². The van der Waals surface area contributed by atoms with Gasteiger partial charge < -0.3 is 9.67 Å². The van der Waals surface area contributed by atoms with Crippen molar-refractivity contribution in [1.29, 1.82) is 0 Å².